The standard InChI is InChI=1S/C31H50O2/c1-20(2)9-8-10-22(5)26-13-14-27-25-12-11-23-19-24(33-29(32)21(3)4)15-17-30(23,6)28(25)16-18-31(26,27)7/h11,20,22,24-28H,3,8-10,12-19H2,1-2,4-7H3/t22-,24+,25+,26?,27+,28+,30+,31-/m1/s1. The van der Waals surface area contributed by atoms with Gasteiger partial charge in [-0.15, -0.1) is 0 Å². The molecule has 1 unspecified atom stereocenters. The summed E-state index contributed by atoms with van der Waals surface area (Å²) in [5.74, 6) is 5.00. The van der Waals surface area contributed by atoms with Gasteiger partial charge in [0.05, 0.1) is 0 Å². The van der Waals surface area contributed by atoms with Gasteiger partial charge in [0.15, 0.2) is 0 Å². The Balaban J connectivity index is 1.45. The third kappa shape index (κ3) is 4.62. The quantitative estimate of drug-likeness (QED) is 0.219. The lowest BCUT2D eigenvalue weighted by molar-refractivity contribution is -0.146. The Hall–Kier alpha value is -1.05. The summed E-state index contributed by atoms with van der Waals surface area (Å²) in [4.78, 5) is 12.1. The average Bonchev–Trinajstić information content (AvgIpc) is 3.11. The van der Waals surface area contributed by atoms with E-state index in [9.17, 15) is 4.79 Å². The molecule has 0 bridgehead atoms. The molecule has 8 atom stereocenters. The van der Waals surface area contributed by atoms with Gasteiger partial charge in [0.25, 0.3) is 0 Å². The largest absolute Gasteiger partial charge is 0.459 e. The van der Waals surface area contributed by atoms with Gasteiger partial charge in [-0.2, -0.15) is 0 Å². The minimum atomic E-state index is -0.217. The van der Waals surface area contributed by atoms with Crippen LogP contribution in [0.5, 0.6) is 0 Å². The van der Waals surface area contributed by atoms with Gasteiger partial charge in [0, 0.05) is 12.0 Å². The second kappa shape index (κ2) is 9.54. The summed E-state index contributed by atoms with van der Waals surface area (Å²) in [5, 5.41) is 0. The van der Waals surface area contributed by atoms with Crippen molar-refractivity contribution in [2.45, 2.75) is 118 Å². The Morgan fingerprint density at radius 1 is 1.09 bits per heavy atom. The normalized spacial score (nSPS) is 40.9. The first-order valence-electron chi connectivity index (χ1n) is 14.1. The van der Waals surface area contributed by atoms with Gasteiger partial charge in [0.2, 0.25) is 0 Å². The predicted molar refractivity (Wildman–Crippen MR) is 138 cm³/mol. The van der Waals surface area contributed by atoms with E-state index in [4.69, 9.17) is 4.74 Å². The molecule has 33 heavy (non-hydrogen) atoms. The van der Waals surface area contributed by atoms with Crippen LogP contribution in [0.4, 0.5) is 0 Å². The minimum absolute atomic E-state index is 0.0430. The molecule has 0 aromatic carbocycles. The summed E-state index contributed by atoms with van der Waals surface area (Å²) in [6.45, 7) is 18.0. The second-order valence-corrected chi connectivity index (χ2v) is 13.3. The topological polar surface area (TPSA) is 26.3 Å². The van der Waals surface area contributed by atoms with Gasteiger partial charge in [-0.1, -0.05) is 72.1 Å². The fourth-order valence-electron chi connectivity index (χ4n) is 9.00. The van der Waals surface area contributed by atoms with Gasteiger partial charge in [-0.05, 0) is 98.2 Å². The van der Waals surface area contributed by atoms with E-state index in [2.05, 4.69) is 47.3 Å². The zero-order valence-electron chi connectivity index (χ0n) is 22.4. The summed E-state index contributed by atoms with van der Waals surface area (Å²) in [6.07, 6.45) is 17.0. The molecule has 0 aromatic rings. The number of fused-ring (bicyclic) bond motifs is 5. The molecule has 0 aliphatic heterocycles. The van der Waals surface area contributed by atoms with E-state index >= 15 is 0 Å². The van der Waals surface area contributed by atoms with E-state index in [1.807, 2.05) is 0 Å². The highest BCUT2D eigenvalue weighted by atomic mass is 16.5. The molecule has 3 fully saturated rings. The zero-order valence-corrected chi connectivity index (χ0v) is 22.4. The summed E-state index contributed by atoms with van der Waals surface area (Å²) >= 11 is 0. The highest BCUT2D eigenvalue weighted by Gasteiger charge is 2.59. The number of esters is 1. The number of ether oxygens (including phenoxy) is 1. The van der Waals surface area contributed by atoms with Gasteiger partial charge < -0.3 is 4.74 Å². The van der Waals surface area contributed by atoms with E-state index < -0.39 is 0 Å². The maximum Gasteiger partial charge on any atom is 0.333 e. The lowest BCUT2D eigenvalue weighted by Gasteiger charge is -2.58. The molecular formula is C31H50O2. The Kier molecular flexibility index (Phi) is 7.24. The fourth-order valence-corrected chi connectivity index (χ4v) is 9.00. The van der Waals surface area contributed by atoms with Crippen LogP contribution in [0, 0.1) is 46.3 Å². The number of hydrogen-bond donors (Lipinski definition) is 0. The van der Waals surface area contributed by atoms with Crippen LogP contribution in [0.1, 0.15) is 112 Å². The fraction of sp³-hybridized carbons (Fsp3) is 0.839. The molecule has 0 radical (unpaired) electrons. The molecule has 2 nitrogen and oxygen atoms in total. The van der Waals surface area contributed by atoms with Crippen molar-refractivity contribution in [2.24, 2.45) is 46.3 Å². The van der Waals surface area contributed by atoms with Crippen LogP contribution < -0.4 is 0 Å². The Bertz CT molecular complexity index is 778. The number of carbonyl (C=O) groups excluding carboxylic acids is 1. The Morgan fingerprint density at radius 2 is 1.85 bits per heavy atom. The molecule has 0 heterocycles. The third-order valence-electron chi connectivity index (χ3n) is 10.9. The van der Waals surface area contributed by atoms with Crippen LogP contribution in [-0.4, -0.2) is 12.1 Å². The molecular weight excluding hydrogens is 404 g/mol. The number of hydrogen-bond acceptors (Lipinski definition) is 2. The van der Waals surface area contributed by atoms with E-state index in [-0.39, 0.29) is 12.1 Å². The van der Waals surface area contributed by atoms with Crippen LogP contribution in [-0.2, 0) is 9.53 Å². The van der Waals surface area contributed by atoms with E-state index in [1.165, 1.54) is 57.8 Å². The van der Waals surface area contributed by atoms with Crippen molar-refractivity contribution in [2.75, 3.05) is 0 Å². The van der Waals surface area contributed by atoms with Gasteiger partial charge in [-0.25, -0.2) is 4.79 Å². The van der Waals surface area contributed by atoms with Crippen LogP contribution in [0.15, 0.2) is 23.8 Å². The summed E-state index contributed by atoms with van der Waals surface area (Å²) in [6, 6.07) is 0. The molecule has 186 valence electrons. The molecule has 3 saturated carbocycles. The van der Waals surface area contributed by atoms with Gasteiger partial charge in [-0.3, -0.25) is 0 Å². The summed E-state index contributed by atoms with van der Waals surface area (Å²) in [5.41, 5.74) is 2.97. The molecule has 0 N–H and O–H groups in total. The molecule has 2 heteroatoms. The van der Waals surface area contributed by atoms with Crippen LogP contribution in [0.3, 0.4) is 0 Å². The smallest absolute Gasteiger partial charge is 0.333 e. The molecule has 4 aliphatic rings. The summed E-state index contributed by atoms with van der Waals surface area (Å²) < 4.78 is 5.78. The third-order valence-corrected chi connectivity index (χ3v) is 10.9. The molecule has 4 rings (SSSR count). The maximum atomic E-state index is 12.1. The molecule has 4 aliphatic carbocycles. The lowest BCUT2D eigenvalue weighted by atomic mass is 9.47. The van der Waals surface area contributed by atoms with Gasteiger partial charge in [0.1, 0.15) is 6.10 Å². The molecule has 0 amide bonds. The predicted octanol–water partition coefficient (Wildman–Crippen LogP) is 8.52. The molecule has 0 saturated heterocycles. The van der Waals surface area contributed by atoms with Crippen molar-refractivity contribution in [1.82, 2.24) is 0 Å². The lowest BCUT2D eigenvalue weighted by Crippen LogP contribution is -2.51. The SMILES string of the molecule is C=C(C)C(=O)O[C@H]1CC[C@@]2(C)C(=CC[C@@H]3[C@@H]2CC[C@]2(C)C([C@H](C)CCCC(C)C)CC[C@@H]32)C1. The maximum absolute atomic E-state index is 12.1. The van der Waals surface area contributed by atoms with E-state index in [0.29, 0.717) is 16.4 Å². The van der Waals surface area contributed by atoms with Crippen LogP contribution in [0.2, 0.25) is 0 Å². The van der Waals surface area contributed by atoms with Crippen molar-refractivity contribution in [1.29, 1.82) is 0 Å². The van der Waals surface area contributed by atoms with Crippen molar-refractivity contribution < 1.29 is 9.53 Å². The van der Waals surface area contributed by atoms with Crippen LogP contribution >= 0.6 is 0 Å². The zero-order chi connectivity index (χ0) is 24.0. The van der Waals surface area contributed by atoms with Gasteiger partial charge >= 0.3 is 5.97 Å². The molecule has 0 aromatic heterocycles. The highest BCUT2D eigenvalue weighted by molar-refractivity contribution is 5.87. The van der Waals surface area contributed by atoms with E-state index in [1.54, 1.807) is 12.5 Å². The second-order valence-electron chi connectivity index (χ2n) is 13.3. The first kappa shape index (κ1) is 25.1. The number of carbonyl (C=O) groups is 1. The van der Waals surface area contributed by atoms with Crippen molar-refractivity contribution >= 4 is 5.97 Å². The van der Waals surface area contributed by atoms with Crippen molar-refractivity contribution in [3.05, 3.63) is 23.8 Å². The number of allylic oxidation sites excluding steroid dienone is 1. The van der Waals surface area contributed by atoms with Crippen LogP contribution in [0.25, 0.3) is 0 Å². The first-order chi connectivity index (χ1) is 15.6. The monoisotopic (exact) mass is 454 g/mol. The number of rotatable bonds is 7. The Morgan fingerprint density at radius 3 is 2.55 bits per heavy atom. The summed E-state index contributed by atoms with van der Waals surface area (Å²) in [7, 11) is 0. The van der Waals surface area contributed by atoms with E-state index in [0.717, 1.165) is 48.3 Å². The highest BCUT2D eigenvalue weighted by Crippen LogP contribution is 2.67. The average molecular weight is 455 g/mol. The molecule has 0 spiro atoms. The first-order valence-corrected chi connectivity index (χ1v) is 14.1. The van der Waals surface area contributed by atoms with Crippen molar-refractivity contribution in [3.63, 3.8) is 0 Å². The Labute approximate surface area is 204 Å². The minimum Gasteiger partial charge on any atom is -0.459 e. The van der Waals surface area contributed by atoms with Crippen molar-refractivity contribution in [3.8, 4) is 0 Å².